The summed E-state index contributed by atoms with van der Waals surface area (Å²) in [5, 5.41) is 11.7. The number of nitrogens with one attached hydrogen (secondary N) is 1. The first kappa shape index (κ1) is 26.7. The molecule has 2 atom stereocenters. The normalized spacial score (nSPS) is 19.5. The summed E-state index contributed by atoms with van der Waals surface area (Å²) in [6.45, 7) is 3.82. The van der Waals surface area contributed by atoms with Crippen molar-refractivity contribution in [2.45, 2.75) is 31.3 Å². The number of nitrogens with zero attached hydrogens (tertiary/aromatic N) is 5. The van der Waals surface area contributed by atoms with Crippen molar-refractivity contribution in [1.82, 2.24) is 24.3 Å². The number of aliphatic hydroxyl groups is 1. The Balaban J connectivity index is 1.29. The minimum absolute atomic E-state index is 0.156. The SMILES string of the molecule is N[C@@H]1CCCN(CCc2ccc(-n3ccc(NC(=O)N4CCN(C(=O)[C@@H](N)CO)CC4)nc3=O)cc2)C1. The van der Waals surface area contributed by atoms with E-state index < -0.39 is 24.4 Å². The molecule has 200 valence electrons. The number of carbonyl (C=O) groups is 2. The first-order chi connectivity index (χ1) is 17.8. The van der Waals surface area contributed by atoms with Crippen LogP contribution in [0.4, 0.5) is 10.6 Å². The van der Waals surface area contributed by atoms with Crippen LogP contribution in [0.25, 0.3) is 5.69 Å². The molecule has 1 aromatic carbocycles. The van der Waals surface area contributed by atoms with E-state index in [4.69, 9.17) is 16.6 Å². The molecule has 37 heavy (non-hydrogen) atoms. The maximum absolute atomic E-state index is 12.6. The Morgan fingerprint density at radius 3 is 2.43 bits per heavy atom. The molecule has 12 nitrogen and oxygen atoms in total. The van der Waals surface area contributed by atoms with Crippen molar-refractivity contribution in [1.29, 1.82) is 0 Å². The Labute approximate surface area is 215 Å². The summed E-state index contributed by atoms with van der Waals surface area (Å²) in [7, 11) is 0. The molecule has 2 aromatic rings. The zero-order chi connectivity index (χ0) is 26.4. The highest BCUT2D eigenvalue weighted by Gasteiger charge is 2.27. The van der Waals surface area contributed by atoms with Crippen molar-refractivity contribution in [3.63, 3.8) is 0 Å². The third kappa shape index (κ3) is 6.92. The summed E-state index contributed by atoms with van der Waals surface area (Å²) in [4.78, 5) is 46.8. The molecular formula is C25H36N8O4. The van der Waals surface area contributed by atoms with E-state index in [1.54, 1.807) is 12.3 Å². The van der Waals surface area contributed by atoms with Crippen molar-refractivity contribution >= 4 is 17.8 Å². The van der Waals surface area contributed by atoms with Crippen LogP contribution in [0.1, 0.15) is 18.4 Å². The van der Waals surface area contributed by atoms with Crippen LogP contribution in [0, 0.1) is 0 Å². The van der Waals surface area contributed by atoms with Gasteiger partial charge in [-0.2, -0.15) is 4.98 Å². The van der Waals surface area contributed by atoms with Gasteiger partial charge in [-0.15, -0.1) is 0 Å². The standard InChI is InChI=1S/C25H36N8O4/c26-19-2-1-9-30(16-19)10-7-18-3-5-20(6-4-18)33-11-8-22(29-25(33)37)28-24(36)32-14-12-31(13-15-32)23(35)21(27)17-34/h3-6,8,11,19,21,34H,1-2,7,9-10,12-17,26-27H2,(H,28,29,36,37)/t19-,21+/m1/s1. The minimum Gasteiger partial charge on any atom is -0.394 e. The van der Waals surface area contributed by atoms with Gasteiger partial charge in [0.15, 0.2) is 0 Å². The molecule has 2 fully saturated rings. The molecule has 3 heterocycles. The van der Waals surface area contributed by atoms with Crippen molar-refractivity contribution in [3.8, 4) is 5.69 Å². The molecule has 1 aromatic heterocycles. The molecule has 3 amide bonds. The van der Waals surface area contributed by atoms with E-state index in [2.05, 4.69) is 15.2 Å². The van der Waals surface area contributed by atoms with Gasteiger partial charge in [0.1, 0.15) is 11.9 Å². The number of likely N-dealkylation sites (tertiary alicyclic amines) is 1. The molecule has 0 spiro atoms. The van der Waals surface area contributed by atoms with E-state index in [-0.39, 0.29) is 17.8 Å². The van der Waals surface area contributed by atoms with Crippen LogP contribution >= 0.6 is 0 Å². The number of hydrogen-bond donors (Lipinski definition) is 4. The highest BCUT2D eigenvalue weighted by Crippen LogP contribution is 2.13. The second-order valence-electron chi connectivity index (χ2n) is 9.62. The number of urea groups is 1. The highest BCUT2D eigenvalue weighted by atomic mass is 16.3. The predicted molar refractivity (Wildman–Crippen MR) is 139 cm³/mol. The Morgan fingerprint density at radius 1 is 1.08 bits per heavy atom. The predicted octanol–water partition coefficient (Wildman–Crippen LogP) is -0.806. The fourth-order valence-corrected chi connectivity index (χ4v) is 4.71. The van der Waals surface area contributed by atoms with Crippen molar-refractivity contribution < 1.29 is 14.7 Å². The molecule has 2 saturated heterocycles. The van der Waals surface area contributed by atoms with Gasteiger partial charge in [-0.05, 0) is 49.6 Å². The molecule has 2 aliphatic rings. The average molecular weight is 513 g/mol. The van der Waals surface area contributed by atoms with Crippen molar-refractivity contribution in [3.05, 3.63) is 52.6 Å². The zero-order valence-electron chi connectivity index (χ0n) is 21.0. The molecule has 0 saturated carbocycles. The number of carbonyl (C=O) groups excluding carboxylic acids is 2. The molecule has 12 heteroatoms. The summed E-state index contributed by atoms with van der Waals surface area (Å²) in [5.74, 6) is -0.184. The maximum Gasteiger partial charge on any atom is 0.354 e. The van der Waals surface area contributed by atoms with Crippen LogP contribution in [0.15, 0.2) is 41.3 Å². The van der Waals surface area contributed by atoms with Gasteiger partial charge >= 0.3 is 11.7 Å². The van der Waals surface area contributed by atoms with E-state index in [1.807, 2.05) is 24.3 Å². The third-order valence-electron chi connectivity index (χ3n) is 6.90. The number of aromatic nitrogens is 2. The number of rotatable bonds is 7. The number of nitrogens with two attached hydrogens (primary N) is 2. The van der Waals surface area contributed by atoms with Crippen LogP contribution in [-0.2, 0) is 11.2 Å². The number of amides is 3. The third-order valence-corrected chi connectivity index (χ3v) is 6.90. The lowest BCUT2D eigenvalue weighted by Gasteiger charge is -2.35. The van der Waals surface area contributed by atoms with Crippen LogP contribution in [0.5, 0.6) is 0 Å². The molecular weight excluding hydrogens is 476 g/mol. The number of piperidine rings is 1. The second kappa shape index (κ2) is 12.3. The zero-order valence-corrected chi connectivity index (χ0v) is 21.0. The first-order valence-electron chi connectivity index (χ1n) is 12.7. The lowest BCUT2D eigenvalue weighted by atomic mass is 10.1. The summed E-state index contributed by atoms with van der Waals surface area (Å²) < 4.78 is 1.43. The van der Waals surface area contributed by atoms with Gasteiger partial charge in [-0.25, -0.2) is 9.59 Å². The van der Waals surface area contributed by atoms with Gasteiger partial charge in [0.05, 0.1) is 12.3 Å². The summed E-state index contributed by atoms with van der Waals surface area (Å²) >= 11 is 0. The maximum atomic E-state index is 12.6. The number of benzene rings is 1. The molecule has 6 N–H and O–H groups in total. The summed E-state index contributed by atoms with van der Waals surface area (Å²) in [5.41, 5.74) is 13.0. The highest BCUT2D eigenvalue weighted by molar-refractivity contribution is 5.88. The van der Waals surface area contributed by atoms with E-state index in [0.29, 0.717) is 31.9 Å². The number of aliphatic hydroxyl groups excluding tert-OH is 1. The van der Waals surface area contributed by atoms with Crippen LogP contribution in [-0.4, -0.2) is 106 Å². The fourth-order valence-electron chi connectivity index (χ4n) is 4.71. The van der Waals surface area contributed by atoms with Gasteiger partial charge in [0.2, 0.25) is 5.91 Å². The van der Waals surface area contributed by atoms with Gasteiger partial charge < -0.3 is 31.3 Å². The average Bonchev–Trinajstić information content (AvgIpc) is 2.91. The second-order valence-corrected chi connectivity index (χ2v) is 9.62. The quantitative estimate of drug-likeness (QED) is 0.374. The molecule has 0 radical (unpaired) electrons. The Hall–Kier alpha value is -3.32. The topological polar surface area (TPSA) is 163 Å². The van der Waals surface area contributed by atoms with Crippen LogP contribution < -0.4 is 22.5 Å². The fraction of sp³-hybridized carbons (Fsp3) is 0.520. The van der Waals surface area contributed by atoms with E-state index in [9.17, 15) is 14.4 Å². The lowest BCUT2D eigenvalue weighted by Crippen LogP contribution is -2.55. The van der Waals surface area contributed by atoms with Crippen molar-refractivity contribution in [2.24, 2.45) is 11.5 Å². The molecule has 0 unspecified atom stereocenters. The number of anilines is 1. The Kier molecular flexibility index (Phi) is 8.87. The monoisotopic (exact) mass is 512 g/mol. The largest absolute Gasteiger partial charge is 0.394 e. The lowest BCUT2D eigenvalue weighted by molar-refractivity contribution is -0.134. The molecule has 0 aliphatic carbocycles. The summed E-state index contributed by atoms with van der Waals surface area (Å²) in [6.07, 6.45) is 4.74. The number of piperazine rings is 1. The molecule has 0 bridgehead atoms. The first-order valence-corrected chi connectivity index (χ1v) is 12.7. The van der Waals surface area contributed by atoms with Gasteiger partial charge in [0.25, 0.3) is 0 Å². The van der Waals surface area contributed by atoms with Gasteiger partial charge in [0, 0.05) is 51.5 Å². The van der Waals surface area contributed by atoms with E-state index >= 15 is 0 Å². The Morgan fingerprint density at radius 2 is 1.78 bits per heavy atom. The van der Waals surface area contributed by atoms with E-state index in [1.165, 1.54) is 19.9 Å². The number of hydrogen-bond acceptors (Lipinski definition) is 8. The Bertz CT molecular complexity index is 1130. The summed E-state index contributed by atoms with van der Waals surface area (Å²) in [6, 6.07) is 8.30. The van der Waals surface area contributed by atoms with Crippen LogP contribution in [0.2, 0.25) is 0 Å². The smallest absolute Gasteiger partial charge is 0.354 e. The van der Waals surface area contributed by atoms with Crippen LogP contribution in [0.3, 0.4) is 0 Å². The molecule has 4 rings (SSSR count). The van der Waals surface area contributed by atoms with Gasteiger partial charge in [-0.1, -0.05) is 12.1 Å². The van der Waals surface area contributed by atoms with Crippen molar-refractivity contribution in [2.75, 3.05) is 57.7 Å². The van der Waals surface area contributed by atoms with Gasteiger partial charge in [-0.3, -0.25) is 14.7 Å². The molecule has 2 aliphatic heterocycles. The minimum atomic E-state index is -0.953. The van der Waals surface area contributed by atoms with E-state index in [0.717, 1.165) is 38.9 Å².